The maximum Gasteiger partial charge on any atom is 0.318 e. The average molecular weight is 344 g/mol. The Labute approximate surface area is 144 Å². The van der Waals surface area contributed by atoms with E-state index in [2.05, 4.69) is 15.0 Å². The Morgan fingerprint density at radius 2 is 2.08 bits per heavy atom. The van der Waals surface area contributed by atoms with Gasteiger partial charge in [0.15, 0.2) is 5.82 Å². The minimum atomic E-state index is 0.0817. The normalized spacial score (nSPS) is 20.1. The van der Waals surface area contributed by atoms with Crippen molar-refractivity contribution in [1.82, 2.24) is 19.5 Å². The number of fused-ring (bicyclic) bond motifs is 1. The molecule has 2 N–H and O–H groups in total. The van der Waals surface area contributed by atoms with Crippen LogP contribution in [0.1, 0.15) is 25.5 Å². The van der Waals surface area contributed by atoms with Crippen molar-refractivity contribution in [2.75, 3.05) is 0 Å². The third kappa shape index (κ3) is 2.61. The molecular weight excluding hydrogens is 326 g/mol. The first kappa shape index (κ1) is 15.4. The van der Waals surface area contributed by atoms with Crippen LogP contribution in [0.5, 0.6) is 6.01 Å². The lowest BCUT2D eigenvalue weighted by Gasteiger charge is -2.31. The van der Waals surface area contributed by atoms with Gasteiger partial charge in [-0.1, -0.05) is 30.7 Å². The van der Waals surface area contributed by atoms with Crippen LogP contribution in [0.2, 0.25) is 5.02 Å². The molecule has 3 aromatic rings. The minimum absolute atomic E-state index is 0.0817. The van der Waals surface area contributed by atoms with E-state index in [1.807, 2.05) is 35.8 Å². The largest absolute Gasteiger partial charge is 0.460 e. The second-order valence-electron chi connectivity index (χ2n) is 6.02. The lowest BCUT2D eigenvalue weighted by Crippen LogP contribution is -2.43. The molecular formula is C17H18ClN5O. The summed E-state index contributed by atoms with van der Waals surface area (Å²) in [5, 5.41) is 0.526. The van der Waals surface area contributed by atoms with Crippen molar-refractivity contribution in [3.8, 4) is 11.8 Å². The second kappa shape index (κ2) is 6.03. The highest BCUT2D eigenvalue weighted by atomic mass is 35.5. The number of halogens is 1. The SMILES string of the molecule is CCc1nc(OC2CC(N)C2)nc(-n2cnc3ccccc32)c1Cl. The van der Waals surface area contributed by atoms with Gasteiger partial charge in [0.05, 0.1) is 16.7 Å². The zero-order valence-electron chi connectivity index (χ0n) is 13.3. The number of ether oxygens (including phenoxy) is 1. The van der Waals surface area contributed by atoms with Crippen molar-refractivity contribution in [1.29, 1.82) is 0 Å². The molecule has 0 radical (unpaired) electrons. The highest BCUT2D eigenvalue weighted by Crippen LogP contribution is 2.29. The van der Waals surface area contributed by atoms with E-state index in [0.717, 1.165) is 29.6 Å². The Balaban J connectivity index is 1.78. The van der Waals surface area contributed by atoms with E-state index in [4.69, 9.17) is 22.1 Å². The van der Waals surface area contributed by atoms with E-state index in [-0.39, 0.29) is 12.1 Å². The Hall–Kier alpha value is -2.18. The highest BCUT2D eigenvalue weighted by molar-refractivity contribution is 6.32. The number of hydrogen-bond donors (Lipinski definition) is 1. The van der Waals surface area contributed by atoms with Gasteiger partial charge in [0.1, 0.15) is 17.5 Å². The molecule has 24 heavy (non-hydrogen) atoms. The summed E-state index contributed by atoms with van der Waals surface area (Å²) in [6.07, 6.45) is 4.16. The molecule has 1 saturated carbocycles. The van der Waals surface area contributed by atoms with Crippen LogP contribution in [-0.2, 0) is 6.42 Å². The van der Waals surface area contributed by atoms with Gasteiger partial charge >= 0.3 is 6.01 Å². The number of aromatic nitrogens is 4. The van der Waals surface area contributed by atoms with Gasteiger partial charge in [0.2, 0.25) is 0 Å². The molecule has 1 aromatic carbocycles. The maximum atomic E-state index is 6.53. The number of nitrogens with zero attached hydrogens (tertiary/aromatic N) is 4. The van der Waals surface area contributed by atoms with Crippen LogP contribution < -0.4 is 10.5 Å². The number of imidazole rings is 1. The minimum Gasteiger partial charge on any atom is -0.460 e. The van der Waals surface area contributed by atoms with Gasteiger partial charge in [0, 0.05) is 6.04 Å². The number of aryl methyl sites for hydroxylation is 1. The summed E-state index contributed by atoms with van der Waals surface area (Å²) in [4.78, 5) is 13.4. The number of hydrogen-bond acceptors (Lipinski definition) is 5. The predicted molar refractivity (Wildman–Crippen MR) is 92.7 cm³/mol. The van der Waals surface area contributed by atoms with E-state index < -0.39 is 0 Å². The molecule has 0 bridgehead atoms. The topological polar surface area (TPSA) is 78.9 Å². The van der Waals surface area contributed by atoms with Crippen LogP contribution in [0.4, 0.5) is 0 Å². The molecule has 0 amide bonds. The molecule has 1 aliphatic rings. The lowest BCUT2D eigenvalue weighted by molar-refractivity contribution is 0.0901. The van der Waals surface area contributed by atoms with Gasteiger partial charge in [-0.25, -0.2) is 4.98 Å². The summed E-state index contributed by atoms with van der Waals surface area (Å²) in [6.45, 7) is 2.01. The molecule has 7 heteroatoms. The smallest absolute Gasteiger partial charge is 0.318 e. The van der Waals surface area contributed by atoms with E-state index >= 15 is 0 Å². The van der Waals surface area contributed by atoms with Gasteiger partial charge in [-0.3, -0.25) is 4.57 Å². The first-order valence-corrected chi connectivity index (χ1v) is 8.44. The number of para-hydroxylation sites is 2. The van der Waals surface area contributed by atoms with Crippen LogP contribution in [-0.4, -0.2) is 31.7 Å². The number of rotatable bonds is 4. The third-order valence-electron chi connectivity index (χ3n) is 4.30. The fourth-order valence-electron chi connectivity index (χ4n) is 2.88. The van der Waals surface area contributed by atoms with Crippen molar-refractivity contribution >= 4 is 22.6 Å². The van der Waals surface area contributed by atoms with Gasteiger partial charge in [-0.15, -0.1) is 0 Å². The fourth-order valence-corrected chi connectivity index (χ4v) is 3.19. The molecule has 0 spiro atoms. The number of nitrogens with two attached hydrogens (primary N) is 1. The van der Waals surface area contributed by atoms with Gasteiger partial charge < -0.3 is 10.5 Å². The molecule has 0 saturated heterocycles. The summed E-state index contributed by atoms with van der Waals surface area (Å²) < 4.78 is 7.75. The summed E-state index contributed by atoms with van der Waals surface area (Å²) >= 11 is 6.53. The van der Waals surface area contributed by atoms with Crippen molar-refractivity contribution < 1.29 is 4.74 Å². The third-order valence-corrected chi connectivity index (χ3v) is 4.69. The molecule has 124 valence electrons. The summed E-state index contributed by atoms with van der Waals surface area (Å²) in [5.41, 5.74) is 8.41. The fraction of sp³-hybridized carbons (Fsp3) is 0.353. The van der Waals surface area contributed by atoms with Crippen molar-refractivity contribution in [3.05, 3.63) is 41.3 Å². The molecule has 0 unspecified atom stereocenters. The predicted octanol–water partition coefficient (Wildman–Crippen LogP) is 2.90. The van der Waals surface area contributed by atoms with E-state index in [1.54, 1.807) is 6.33 Å². The van der Waals surface area contributed by atoms with Crippen LogP contribution in [0.3, 0.4) is 0 Å². The molecule has 4 rings (SSSR count). The Morgan fingerprint density at radius 1 is 1.29 bits per heavy atom. The van der Waals surface area contributed by atoms with Gasteiger partial charge in [-0.05, 0) is 31.4 Å². The first-order valence-electron chi connectivity index (χ1n) is 8.06. The Morgan fingerprint density at radius 3 is 2.83 bits per heavy atom. The zero-order valence-corrected chi connectivity index (χ0v) is 14.1. The van der Waals surface area contributed by atoms with Crippen LogP contribution in [0, 0.1) is 0 Å². The first-order chi connectivity index (χ1) is 11.7. The van der Waals surface area contributed by atoms with Crippen LogP contribution in [0.15, 0.2) is 30.6 Å². The Kier molecular flexibility index (Phi) is 3.86. The maximum absolute atomic E-state index is 6.53. The second-order valence-corrected chi connectivity index (χ2v) is 6.40. The van der Waals surface area contributed by atoms with Crippen molar-refractivity contribution in [2.24, 2.45) is 5.73 Å². The van der Waals surface area contributed by atoms with Gasteiger partial charge in [0.25, 0.3) is 0 Å². The summed E-state index contributed by atoms with van der Waals surface area (Å²) in [5.74, 6) is 0.593. The molecule has 2 heterocycles. The lowest BCUT2D eigenvalue weighted by atomic mass is 9.90. The molecule has 0 aliphatic heterocycles. The van der Waals surface area contributed by atoms with Crippen molar-refractivity contribution in [3.63, 3.8) is 0 Å². The molecule has 0 atom stereocenters. The van der Waals surface area contributed by atoms with Crippen LogP contribution in [0.25, 0.3) is 16.9 Å². The molecule has 1 fully saturated rings. The standard InChI is InChI=1S/C17H18ClN5O/c1-2-12-15(18)16(22-17(21-12)24-11-7-10(19)8-11)23-9-20-13-5-3-4-6-14(13)23/h3-6,9-11H,2,7-8,19H2,1H3. The average Bonchev–Trinajstić information content (AvgIpc) is 2.98. The van der Waals surface area contributed by atoms with E-state index in [9.17, 15) is 0 Å². The van der Waals surface area contributed by atoms with Gasteiger partial charge in [-0.2, -0.15) is 9.97 Å². The van der Waals surface area contributed by atoms with Crippen molar-refractivity contribution in [2.45, 2.75) is 38.3 Å². The summed E-state index contributed by atoms with van der Waals surface area (Å²) in [6, 6.07) is 8.41. The monoisotopic (exact) mass is 343 g/mol. The summed E-state index contributed by atoms with van der Waals surface area (Å²) in [7, 11) is 0. The van der Waals surface area contributed by atoms with Crippen LogP contribution >= 0.6 is 11.6 Å². The number of benzene rings is 1. The highest BCUT2D eigenvalue weighted by Gasteiger charge is 2.29. The molecule has 1 aliphatic carbocycles. The Bertz CT molecular complexity index is 888. The molecule has 6 nitrogen and oxygen atoms in total. The van der Waals surface area contributed by atoms with E-state index in [1.165, 1.54) is 0 Å². The quantitative estimate of drug-likeness (QED) is 0.788. The zero-order chi connectivity index (χ0) is 16.7. The van der Waals surface area contributed by atoms with E-state index in [0.29, 0.717) is 23.3 Å². The molecule has 2 aromatic heterocycles.